The SMILES string of the molecule is C=CC(=O)OCCC[Si]O[Si](C)(C)CC[Si]O[Si](C)(C)C. The molecule has 0 aromatic rings. The van der Waals surface area contributed by atoms with Gasteiger partial charge in [0.25, 0.3) is 0 Å². The van der Waals surface area contributed by atoms with Gasteiger partial charge in [-0.25, -0.2) is 4.79 Å². The van der Waals surface area contributed by atoms with Crippen LogP contribution in [0.15, 0.2) is 12.7 Å². The molecule has 0 rings (SSSR count). The molecule has 0 fully saturated rings. The van der Waals surface area contributed by atoms with Gasteiger partial charge in [-0.1, -0.05) is 6.58 Å². The fourth-order valence-electron chi connectivity index (χ4n) is 1.29. The Morgan fingerprint density at radius 1 is 1.10 bits per heavy atom. The van der Waals surface area contributed by atoms with Crippen LogP contribution in [-0.2, 0) is 17.8 Å². The Morgan fingerprint density at radius 3 is 2.29 bits per heavy atom. The van der Waals surface area contributed by atoms with Crippen molar-refractivity contribution >= 4 is 42.1 Å². The van der Waals surface area contributed by atoms with Crippen molar-refractivity contribution in [2.24, 2.45) is 0 Å². The summed E-state index contributed by atoms with van der Waals surface area (Å²) in [5, 5.41) is 0. The van der Waals surface area contributed by atoms with E-state index >= 15 is 0 Å². The predicted octanol–water partition coefficient (Wildman–Crippen LogP) is 3.25. The number of hydrogen-bond acceptors (Lipinski definition) is 4. The van der Waals surface area contributed by atoms with E-state index in [4.69, 9.17) is 13.0 Å². The maximum Gasteiger partial charge on any atom is 0.330 e. The summed E-state index contributed by atoms with van der Waals surface area (Å²) in [6.45, 7) is 15.0. The summed E-state index contributed by atoms with van der Waals surface area (Å²) in [5.41, 5.74) is 0. The van der Waals surface area contributed by atoms with Gasteiger partial charge in [-0.05, 0) is 57.3 Å². The summed E-state index contributed by atoms with van der Waals surface area (Å²) in [6, 6.07) is 3.22. The molecule has 0 aromatic carbocycles. The van der Waals surface area contributed by atoms with E-state index in [1.165, 1.54) is 6.08 Å². The van der Waals surface area contributed by atoms with Gasteiger partial charge in [0.15, 0.2) is 16.6 Å². The van der Waals surface area contributed by atoms with Crippen LogP contribution in [0.1, 0.15) is 6.42 Å². The smallest absolute Gasteiger partial charge is 0.330 e. The van der Waals surface area contributed by atoms with Gasteiger partial charge in [0, 0.05) is 6.08 Å². The second kappa shape index (κ2) is 10.7. The van der Waals surface area contributed by atoms with Gasteiger partial charge in [-0.2, -0.15) is 0 Å². The molecule has 0 heterocycles. The zero-order valence-corrected chi connectivity index (χ0v) is 18.0. The fourth-order valence-corrected chi connectivity index (χ4v) is 8.92. The molecule has 0 saturated heterocycles. The van der Waals surface area contributed by atoms with Crippen LogP contribution >= 0.6 is 0 Å². The second-order valence-electron chi connectivity index (χ2n) is 6.34. The van der Waals surface area contributed by atoms with Crippen LogP contribution in [0.25, 0.3) is 0 Å². The molecule has 0 aliphatic heterocycles. The molecule has 0 saturated carbocycles. The van der Waals surface area contributed by atoms with Crippen LogP contribution < -0.4 is 0 Å². The van der Waals surface area contributed by atoms with E-state index in [1.807, 2.05) is 0 Å². The molecule has 0 aromatic heterocycles. The molecule has 0 aliphatic carbocycles. The standard InChI is InChI=1S/C13H28O4Si4/c1-7-13(14)15-9-8-10-18-17-21(5,6)12-11-19-16-20(2,3)4/h7H,1,8-12H2,2-6H3. The van der Waals surface area contributed by atoms with Crippen molar-refractivity contribution in [2.45, 2.75) is 57.3 Å². The minimum Gasteiger partial charge on any atom is -0.463 e. The van der Waals surface area contributed by atoms with Crippen molar-refractivity contribution in [3.8, 4) is 0 Å². The van der Waals surface area contributed by atoms with Crippen LogP contribution in [-0.4, -0.2) is 48.7 Å². The molecule has 0 atom stereocenters. The normalized spacial score (nSPS) is 12.2. The highest BCUT2D eigenvalue weighted by atomic mass is 28.4. The van der Waals surface area contributed by atoms with Gasteiger partial charge in [-0.15, -0.1) is 0 Å². The summed E-state index contributed by atoms with van der Waals surface area (Å²) in [4.78, 5) is 10.9. The summed E-state index contributed by atoms with van der Waals surface area (Å²) in [5.74, 6) is -0.350. The lowest BCUT2D eigenvalue weighted by Gasteiger charge is -2.23. The van der Waals surface area contributed by atoms with Gasteiger partial charge in [-0.3, -0.25) is 0 Å². The molecular weight excluding hydrogens is 332 g/mol. The highest BCUT2D eigenvalue weighted by molar-refractivity contribution is 6.76. The van der Waals surface area contributed by atoms with E-state index in [-0.39, 0.29) is 5.97 Å². The maximum atomic E-state index is 10.9. The van der Waals surface area contributed by atoms with Crippen molar-refractivity contribution in [3.05, 3.63) is 12.7 Å². The molecule has 4 nitrogen and oxygen atoms in total. The topological polar surface area (TPSA) is 44.8 Å². The number of carbonyl (C=O) groups excluding carboxylic acids is 1. The Bertz CT molecular complexity index is 316. The van der Waals surface area contributed by atoms with E-state index in [2.05, 4.69) is 39.3 Å². The predicted molar refractivity (Wildman–Crippen MR) is 94.7 cm³/mol. The lowest BCUT2D eigenvalue weighted by atomic mass is 10.5. The van der Waals surface area contributed by atoms with E-state index < -0.39 is 16.6 Å². The van der Waals surface area contributed by atoms with E-state index in [9.17, 15) is 4.79 Å². The minimum atomic E-state index is -1.56. The molecule has 0 aliphatic rings. The van der Waals surface area contributed by atoms with E-state index in [0.29, 0.717) is 26.1 Å². The monoisotopic (exact) mass is 360 g/mol. The first kappa shape index (κ1) is 21.0. The van der Waals surface area contributed by atoms with Gasteiger partial charge in [0.05, 0.1) is 6.61 Å². The van der Waals surface area contributed by atoms with Crippen molar-refractivity contribution < 1.29 is 17.8 Å². The van der Waals surface area contributed by atoms with Crippen LogP contribution in [0, 0.1) is 0 Å². The van der Waals surface area contributed by atoms with Crippen LogP contribution in [0.3, 0.4) is 0 Å². The third kappa shape index (κ3) is 14.7. The van der Waals surface area contributed by atoms with Crippen molar-refractivity contribution in [1.29, 1.82) is 0 Å². The number of esters is 1. The molecule has 0 N–H and O–H groups in total. The van der Waals surface area contributed by atoms with Gasteiger partial charge >= 0.3 is 5.97 Å². The summed E-state index contributed by atoms with van der Waals surface area (Å²) < 4.78 is 16.9. The minimum absolute atomic E-state index is 0.350. The highest BCUT2D eigenvalue weighted by Crippen LogP contribution is 2.15. The second-order valence-corrected chi connectivity index (χ2v) is 17.8. The number of rotatable bonds is 12. The summed E-state index contributed by atoms with van der Waals surface area (Å²) in [6.07, 6.45) is 2.04. The Balaban J connectivity index is 3.59. The molecule has 0 spiro atoms. The van der Waals surface area contributed by atoms with Gasteiger partial charge in [0.1, 0.15) is 0 Å². The average molecular weight is 361 g/mol. The lowest BCUT2D eigenvalue weighted by molar-refractivity contribution is -0.137. The van der Waals surface area contributed by atoms with Crippen LogP contribution in [0.4, 0.5) is 0 Å². The summed E-state index contributed by atoms with van der Waals surface area (Å²) in [7, 11) is -1.81. The molecule has 21 heavy (non-hydrogen) atoms. The van der Waals surface area contributed by atoms with Crippen molar-refractivity contribution in [2.75, 3.05) is 6.61 Å². The fraction of sp³-hybridized carbons (Fsp3) is 0.769. The maximum absolute atomic E-state index is 10.9. The van der Waals surface area contributed by atoms with Crippen molar-refractivity contribution in [3.63, 3.8) is 0 Å². The molecule has 0 bridgehead atoms. The van der Waals surface area contributed by atoms with E-state index in [1.54, 1.807) is 0 Å². The van der Waals surface area contributed by atoms with Crippen LogP contribution in [0.2, 0.25) is 50.9 Å². The first-order valence-electron chi connectivity index (χ1n) is 7.27. The molecule has 120 valence electrons. The average Bonchev–Trinajstić information content (AvgIpc) is 2.37. The number of carbonyl (C=O) groups is 1. The molecule has 8 heteroatoms. The van der Waals surface area contributed by atoms with Crippen molar-refractivity contribution in [1.82, 2.24) is 0 Å². The zero-order chi connectivity index (χ0) is 16.4. The summed E-state index contributed by atoms with van der Waals surface area (Å²) >= 11 is 0. The van der Waals surface area contributed by atoms with Gasteiger partial charge in [0.2, 0.25) is 19.5 Å². The Labute approximate surface area is 136 Å². The molecule has 0 amide bonds. The first-order chi connectivity index (χ1) is 9.66. The van der Waals surface area contributed by atoms with Gasteiger partial charge < -0.3 is 13.0 Å². The lowest BCUT2D eigenvalue weighted by Crippen LogP contribution is -2.33. The molecule has 4 radical (unpaired) electrons. The molecular formula is C13H28O4Si4. The largest absolute Gasteiger partial charge is 0.463 e. The highest BCUT2D eigenvalue weighted by Gasteiger charge is 2.22. The number of hydrogen-bond donors (Lipinski definition) is 0. The third-order valence-corrected chi connectivity index (χ3v) is 11.2. The Hall–Kier alpha value is -0.00247. The van der Waals surface area contributed by atoms with E-state index in [0.717, 1.165) is 24.6 Å². The van der Waals surface area contributed by atoms with Crippen LogP contribution in [0.5, 0.6) is 0 Å². The molecule has 0 unspecified atom stereocenters. The zero-order valence-electron chi connectivity index (χ0n) is 14.0. The Kier molecular flexibility index (Phi) is 10.7. The first-order valence-corrected chi connectivity index (χ1v) is 16.0. The number of ether oxygens (including phenoxy) is 1. The quantitative estimate of drug-likeness (QED) is 0.232. The third-order valence-electron chi connectivity index (χ3n) is 2.39. The Morgan fingerprint density at radius 2 is 1.71 bits per heavy atom.